The minimum atomic E-state index is 0.372. The molecule has 3 rings (SSSR count). The van der Waals surface area contributed by atoms with Crippen molar-refractivity contribution in [3.05, 3.63) is 76.6 Å². The molecule has 0 fully saturated rings. The van der Waals surface area contributed by atoms with Gasteiger partial charge in [0.05, 0.1) is 5.69 Å². The molecule has 0 aliphatic heterocycles. The summed E-state index contributed by atoms with van der Waals surface area (Å²) in [5.74, 6) is 0.743. The van der Waals surface area contributed by atoms with Gasteiger partial charge in [0.15, 0.2) is 0 Å². The van der Waals surface area contributed by atoms with Crippen molar-refractivity contribution in [2.45, 2.75) is 46.5 Å². The number of aromatic nitrogens is 1. The van der Waals surface area contributed by atoms with Crippen molar-refractivity contribution in [3.63, 3.8) is 0 Å². The molecule has 1 aromatic heterocycles. The van der Waals surface area contributed by atoms with Gasteiger partial charge in [-0.1, -0.05) is 58.0 Å². The zero-order valence-electron chi connectivity index (χ0n) is 16.2. The highest BCUT2D eigenvalue weighted by Gasteiger charge is 2.17. The van der Waals surface area contributed by atoms with Crippen LogP contribution in [0.15, 0.2) is 59.6 Å². The van der Waals surface area contributed by atoms with E-state index in [4.69, 9.17) is 4.99 Å². The fraction of sp³-hybridized carbons (Fsp3) is 0.304. The fourth-order valence-corrected chi connectivity index (χ4v) is 3.31. The van der Waals surface area contributed by atoms with E-state index in [1.54, 1.807) is 0 Å². The fourth-order valence-electron chi connectivity index (χ4n) is 3.31. The second kappa shape index (κ2) is 7.28. The van der Waals surface area contributed by atoms with Crippen molar-refractivity contribution in [2.75, 3.05) is 0 Å². The van der Waals surface area contributed by atoms with E-state index in [2.05, 4.69) is 45.9 Å². The van der Waals surface area contributed by atoms with E-state index >= 15 is 0 Å². The second-order valence-electron chi connectivity index (χ2n) is 7.36. The monoisotopic (exact) mass is 346 g/mol. The van der Waals surface area contributed by atoms with Crippen molar-refractivity contribution in [1.29, 1.82) is 0 Å². The van der Waals surface area contributed by atoms with Gasteiger partial charge in [-0.3, -0.25) is 0 Å². The van der Waals surface area contributed by atoms with Gasteiger partial charge < -0.3 is 5.21 Å². The zero-order valence-corrected chi connectivity index (χ0v) is 16.2. The number of aliphatic imine (C=N–C) groups is 1. The molecule has 0 saturated carbocycles. The lowest BCUT2D eigenvalue weighted by molar-refractivity contribution is -0.578. The van der Waals surface area contributed by atoms with Gasteiger partial charge in [-0.15, -0.1) is 0 Å². The van der Waals surface area contributed by atoms with Crippen molar-refractivity contribution < 1.29 is 4.73 Å². The Morgan fingerprint density at radius 3 is 2.08 bits per heavy atom. The standard InChI is InChI=1S/C23H26N2O/c1-15(2)19-10-8-11-20(16(3)4)23(19)24-17(5)21-14-13-18-9-6-7-12-22(18)25(21)26/h6-16H,1-5H3. The molecule has 0 bridgehead atoms. The first-order valence-electron chi connectivity index (χ1n) is 9.20. The third-order valence-electron chi connectivity index (χ3n) is 4.79. The van der Waals surface area contributed by atoms with Crippen molar-refractivity contribution in [2.24, 2.45) is 4.99 Å². The van der Waals surface area contributed by atoms with Gasteiger partial charge in [-0.25, -0.2) is 4.99 Å². The van der Waals surface area contributed by atoms with E-state index in [1.165, 1.54) is 11.1 Å². The molecule has 3 heteroatoms. The van der Waals surface area contributed by atoms with Crippen LogP contribution in [-0.2, 0) is 0 Å². The molecule has 2 aromatic carbocycles. The summed E-state index contributed by atoms with van der Waals surface area (Å²) in [7, 11) is 0. The number of rotatable bonds is 4. The highest BCUT2D eigenvalue weighted by molar-refractivity contribution is 5.98. The smallest absolute Gasteiger partial charge is 0.238 e. The van der Waals surface area contributed by atoms with Crippen LogP contribution in [0.2, 0.25) is 0 Å². The predicted octanol–water partition coefficient (Wildman–Crippen LogP) is 5.86. The Labute approximate surface area is 155 Å². The van der Waals surface area contributed by atoms with Crippen LogP contribution in [-0.4, -0.2) is 5.71 Å². The van der Waals surface area contributed by atoms with E-state index in [1.807, 2.05) is 43.3 Å². The van der Waals surface area contributed by atoms with Crippen LogP contribution in [0.25, 0.3) is 10.9 Å². The first-order valence-corrected chi connectivity index (χ1v) is 9.20. The van der Waals surface area contributed by atoms with Gasteiger partial charge in [0, 0.05) is 17.5 Å². The summed E-state index contributed by atoms with van der Waals surface area (Å²) in [6, 6.07) is 17.8. The summed E-state index contributed by atoms with van der Waals surface area (Å²) in [5, 5.41) is 13.8. The number of hydrogen-bond acceptors (Lipinski definition) is 2. The molecule has 0 radical (unpaired) electrons. The van der Waals surface area contributed by atoms with Crippen molar-refractivity contribution >= 4 is 22.3 Å². The molecule has 134 valence electrons. The molecule has 0 aliphatic rings. The first-order chi connectivity index (χ1) is 12.4. The third kappa shape index (κ3) is 3.34. The number of nitrogens with zero attached hydrogens (tertiary/aromatic N) is 2. The van der Waals surface area contributed by atoms with Gasteiger partial charge >= 0.3 is 0 Å². The molecule has 1 heterocycles. The number of hydrogen-bond donors (Lipinski definition) is 0. The summed E-state index contributed by atoms with van der Waals surface area (Å²) in [5.41, 5.74) is 5.43. The first kappa shape index (κ1) is 18.1. The van der Waals surface area contributed by atoms with E-state index < -0.39 is 0 Å². The SMILES string of the molecule is CC(=Nc1c(C(C)C)cccc1C(C)C)c1ccc2ccccc2[n+]1[O-]. The topological polar surface area (TPSA) is 39.3 Å². The molecule has 0 saturated heterocycles. The summed E-state index contributed by atoms with van der Waals surface area (Å²) in [6.07, 6.45) is 0. The average Bonchev–Trinajstić information content (AvgIpc) is 2.61. The van der Waals surface area contributed by atoms with Gasteiger partial charge in [0.25, 0.3) is 0 Å². The van der Waals surface area contributed by atoms with Crippen LogP contribution in [0.3, 0.4) is 0 Å². The molecule has 0 aliphatic carbocycles. The third-order valence-corrected chi connectivity index (χ3v) is 4.79. The van der Waals surface area contributed by atoms with Gasteiger partial charge in [-0.05, 0) is 42.0 Å². The Morgan fingerprint density at radius 1 is 0.846 bits per heavy atom. The lowest BCUT2D eigenvalue weighted by Crippen LogP contribution is -2.34. The van der Waals surface area contributed by atoms with Gasteiger partial charge in [0.1, 0.15) is 5.71 Å². The summed E-state index contributed by atoms with van der Waals surface area (Å²) < 4.78 is 0.987. The van der Waals surface area contributed by atoms with Crippen molar-refractivity contribution in [3.8, 4) is 0 Å². The molecule has 0 unspecified atom stereocenters. The van der Waals surface area contributed by atoms with E-state index in [0.29, 0.717) is 23.0 Å². The van der Waals surface area contributed by atoms with Crippen LogP contribution < -0.4 is 4.73 Å². The maximum absolute atomic E-state index is 12.8. The van der Waals surface area contributed by atoms with Gasteiger partial charge in [0.2, 0.25) is 11.2 Å². The zero-order chi connectivity index (χ0) is 18.8. The van der Waals surface area contributed by atoms with Gasteiger partial charge in [-0.2, -0.15) is 4.73 Å². The number of benzene rings is 2. The number of fused-ring (bicyclic) bond motifs is 1. The second-order valence-corrected chi connectivity index (χ2v) is 7.36. The Morgan fingerprint density at radius 2 is 1.46 bits per heavy atom. The summed E-state index contributed by atoms with van der Waals surface area (Å²) >= 11 is 0. The Hall–Kier alpha value is -2.68. The normalized spacial score (nSPS) is 12.3. The summed E-state index contributed by atoms with van der Waals surface area (Å²) in [4.78, 5) is 4.94. The lowest BCUT2D eigenvalue weighted by atomic mass is 9.93. The van der Waals surface area contributed by atoms with E-state index in [0.717, 1.165) is 21.5 Å². The van der Waals surface area contributed by atoms with Crippen molar-refractivity contribution in [1.82, 2.24) is 0 Å². The highest BCUT2D eigenvalue weighted by Crippen LogP contribution is 2.35. The van der Waals surface area contributed by atoms with E-state index in [9.17, 15) is 5.21 Å². The van der Waals surface area contributed by atoms with Crippen LogP contribution in [0.4, 0.5) is 5.69 Å². The quantitative estimate of drug-likeness (QED) is 0.331. The molecular weight excluding hydrogens is 320 g/mol. The van der Waals surface area contributed by atoms with Crippen LogP contribution in [0.5, 0.6) is 0 Å². The summed E-state index contributed by atoms with van der Waals surface area (Å²) in [6.45, 7) is 10.6. The number of pyridine rings is 1. The lowest BCUT2D eigenvalue weighted by Gasteiger charge is -2.17. The number of para-hydroxylation sites is 2. The molecule has 0 N–H and O–H groups in total. The van der Waals surface area contributed by atoms with Crippen LogP contribution in [0.1, 0.15) is 63.3 Å². The minimum Gasteiger partial charge on any atom is -0.618 e. The Kier molecular flexibility index (Phi) is 5.08. The molecule has 3 nitrogen and oxygen atoms in total. The molecule has 0 atom stereocenters. The Bertz CT molecular complexity index is 945. The molecule has 26 heavy (non-hydrogen) atoms. The van der Waals surface area contributed by atoms with E-state index in [-0.39, 0.29) is 0 Å². The molecule has 0 amide bonds. The highest BCUT2D eigenvalue weighted by atomic mass is 16.5. The van der Waals surface area contributed by atoms with Crippen LogP contribution in [0, 0.1) is 5.21 Å². The Balaban J connectivity index is 2.18. The average molecular weight is 346 g/mol. The molecule has 0 spiro atoms. The predicted molar refractivity (Wildman–Crippen MR) is 109 cm³/mol. The maximum Gasteiger partial charge on any atom is 0.238 e. The maximum atomic E-state index is 12.8. The van der Waals surface area contributed by atoms with Crippen LogP contribution >= 0.6 is 0 Å². The molecular formula is C23H26N2O. The molecule has 3 aromatic rings. The minimum absolute atomic E-state index is 0.372. The largest absolute Gasteiger partial charge is 0.618 e.